The van der Waals surface area contributed by atoms with Gasteiger partial charge in [-0.25, -0.2) is 9.97 Å². The Morgan fingerprint density at radius 1 is 1.33 bits per heavy atom. The molecule has 1 saturated heterocycles. The molecule has 0 radical (unpaired) electrons. The standard InChI is InChI=1S/C13H17ClN6O/c1-19-11(8-21)17-18-12(19)9-3-2-4-20(7-9)13-15-5-10(14)6-16-13/h5-6,9,21H,2-4,7-8H2,1H3/t9-/m1/s1. The van der Waals surface area contributed by atoms with Gasteiger partial charge in [0.05, 0.1) is 17.4 Å². The van der Waals surface area contributed by atoms with E-state index in [1.807, 2.05) is 11.6 Å². The Morgan fingerprint density at radius 2 is 2.10 bits per heavy atom. The van der Waals surface area contributed by atoms with Crippen LogP contribution in [0.25, 0.3) is 0 Å². The van der Waals surface area contributed by atoms with E-state index in [1.165, 1.54) is 0 Å². The Kier molecular flexibility index (Phi) is 4.03. The van der Waals surface area contributed by atoms with Gasteiger partial charge >= 0.3 is 0 Å². The van der Waals surface area contributed by atoms with Crippen molar-refractivity contribution in [1.29, 1.82) is 0 Å². The van der Waals surface area contributed by atoms with Gasteiger partial charge in [-0.1, -0.05) is 11.6 Å². The molecule has 1 aliphatic rings. The van der Waals surface area contributed by atoms with Crippen molar-refractivity contribution in [1.82, 2.24) is 24.7 Å². The molecule has 0 spiro atoms. The molecule has 2 aromatic heterocycles. The molecule has 0 amide bonds. The van der Waals surface area contributed by atoms with E-state index < -0.39 is 0 Å². The molecule has 112 valence electrons. The van der Waals surface area contributed by atoms with E-state index in [0.717, 1.165) is 31.8 Å². The zero-order chi connectivity index (χ0) is 14.8. The summed E-state index contributed by atoms with van der Waals surface area (Å²) < 4.78 is 1.87. The summed E-state index contributed by atoms with van der Waals surface area (Å²) in [5.41, 5.74) is 0. The molecule has 0 bridgehead atoms. The Balaban J connectivity index is 1.79. The van der Waals surface area contributed by atoms with Crippen LogP contribution in [0, 0.1) is 0 Å². The lowest BCUT2D eigenvalue weighted by molar-refractivity contribution is 0.266. The fraction of sp³-hybridized carbons (Fsp3) is 0.538. The molecule has 1 aliphatic heterocycles. The van der Waals surface area contributed by atoms with Gasteiger partial charge in [0.2, 0.25) is 5.95 Å². The highest BCUT2D eigenvalue weighted by Crippen LogP contribution is 2.27. The van der Waals surface area contributed by atoms with Crippen LogP contribution < -0.4 is 4.90 Å². The van der Waals surface area contributed by atoms with Crippen LogP contribution in [0.3, 0.4) is 0 Å². The molecule has 1 atom stereocenters. The number of rotatable bonds is 3. The van der Waals surface area contributed by atoms with Gasteiger partial charge in [0, 0.05) is 26.1 Å². The fourth-order valence-corrected chi connectivity index (χ4v) is 2.80. The number of piperidine rings is 1. The van der Waals surface area contributed by atoms with Crippen LogP contribution in [0.15, 0.2) is 12.4 Å². The number of hydrogen-bond acceptors (Lipinski definition) is 6. The highest BCUT2D eigenvalue weighted by Gasteiger charge is 2.27. The van der Waals surface area contributed by atoms with E-state index in [0.29, 0.717) is 16.8 Å². The van der Waals surface area contributed by atoms with Gasteiger partial charge in [0.15, 0.2) is 5.82 Å². The minimum Gasteiger partial charge on any atom is -0.388 e. The summed E-state index contributed by atoms with van der Waals surface area (Å²) in [6, 6.07) is 0. The van der Waals surface area contributed by atoms with Crippen LogP contribution in [0.1, 0.15) is 30.4 Å². The third kappa shape index (κ3) is 2.84. The first-order valence-corrected chi connectivity index (χ1v) is 7.28. The topological polar surface area (TPSA) is 80.0 Å². The van der Waals surface area contributed by atoms with Gasteiger partial charge in [0.25, 0.3) is 0 Å². The van der Waals surface area contributed by atoms with Crippen LogP contribution in [0.2, 0.25) is 5.02 Å². The molecule has 21 heavy (non-hydrogen) atoms. The second-order valence-electron chi connectivity index (χ2n) is 5.18. The monoisotopic (exact) mass is 308 g/mol. The maximum absolute atomic E-state index is 9.22. The van der Waals surface area contributed by atoms with Crippen molar-refractivity contribution >= 4 is 17.5 Å². The third-order valence-corrected chi connectivity index (χ3v) is 4.01. The molecule has 3 rings (SSSR count). The summed E-state index contributed by atoms with van der Waals surface area (Å²) in [5, 5.41) is 18.0. The van der Waals surface area contributed by atoms with Crippen LogP contribution >= 0.6 is 11.6 Å². The van der Waals surface area contributed by atoms with E-state index in [-0.39, 0.29) is 12.5 Å². The summed E-state index contributed by atoms with van der Waals surface area (Å²) in [4.78, 5) is 10.7. The number of aromatic nitrogens is 5. The van der Waals surface area contributed by atoms with Crippen molar-refractivity contribution < 1.29 is 5.11 Å². The summed E-state index contributed by atoms with van der Waals surface area (Å²) in [5.74, 6) is 2.44. The van der Waals surface area contributed by atoms with E-state index in [1.54, 1.807) is 12.4 Å². The maximum atomic E-state index is 9.22. The molecule has 3 heterocycles. The lowest BCUT2D eigenvalue weighted by Gasteiger charge is -2.32. The van der Waals surface area contributed by atoms with Gasteiger partial charge in [0.1, 0.15) is 12.4 Å². The number of hydrogen-bond donors (Lipinski definition) is 1. The molecule has 8 heteroatoms. The summed E-state index contributed by atoms with van der Waals surface area (Å²) in [7, 11) is 1.89. The van der Waals surface area contributed by atoms with Crippen LogP contribution in [-0.4, -0.2) is 42.9 Å². The largest absolute Gasteiger partial charge is 0.388 e. The average Bonchev–Trinajstić information content (AvgIpc) is 2.89. The van der Waals surface area contributed by atoms with Crippen LogP contribution in [0.4, 0.5) is 5.95 Å². The first-order chi connectivity index (χ1) is 10.2. The van der Waals surface area contributed by atoms with Gasteiger partial charge in [-0.3, -0.25) is 0 Å². The zero-order valence-electron chi connectivity index (χ0n) is 11.8. The van der Waals surface area contributed by atoms with Crippen molar-refractivity contribution in [2.75, 3.05) is 18.0 Å². The normalized spacial score (nSPS) is 19.0. The number of anilines is 1. The Morgan fingerprint density at radius 3 is 2.76 bits per heavy atom. The molecule has 0 aromatic carbocycles. The van der Waals surface area contributed by atoms with Crippen molar-refractivity contribution in [3.8, 4) is 0 Å². The fourth-order valence-electron chi connectivity index (χ4n) is 2.71. The molecule has 0 aliphatic carbocycles. The quantitative estimate of drug-likeness (QED) is 0.916. The van der Waals surface area contributed by atoms with Crippen molar-refractivity contribution in [3.05, 3.63) is 29.1 Å². The Labute approximate surface area is 127 Å². The zero-order valence-corrected chi connectivity index (χ0v) is 12.5. The first kappa shape index (κ1) is 14.2. The van der Waals surface area contributed by atoms with E-state index >= 15 is 0 Å². The lowest BCUT2D eigenvalue weighted by atomic mass is 9.97. The van der Waals surface area contributed by atoms with Gasteiger partial charge in [-0.15, -0.1) is 10.2 Å². The second-order valence-corrected chi connectivity index (χ2v) is 5.61. The van der Waals surface area contributed by atoms with E-state index in [2.05, 4.69) is 25.1 Å². The lowest BCUT2D eigenvalue weighted by Crippen LogP contribution is -2.36. The first-order valence-electron chi connectivity index (χ1n) is 6.90. The summed E-state index contributed by atoms with van der Waals surface area (Å²) in [6.07, 6.45) is 5.30. The minimum atomic E-state index is -0.0970. The minimum absolute atomic E-state index is 0.0970. The molecular weight excluding hydrogens is 292 g/mol. The number of halogens is 1. The highest BCUT2D eigenvalue weighted by molar-refractivity contribution is 6.30. The van der Waals surface area contributed by atoms with Crippen LogP contribution in [-0.2, 0) is 13.7 Å². The molecule has 0 unspecified atom stereocenters. The van der Waals surface area contributed by atoms with Gasteiger partial charge < -0.3 is 14.6 Å². The molecule has 0 saturated carbocycles. The van der Waals surface area contributed by atoms with E-state index in [4.69, 9.17) is 11.6 Å². The number of aliphatic hydroxyl groups excluding tert-OH is 1. The molecule has 7 nitrogen and oxygen atoms in total. The molecule has 2 aromatic rings. The predicted octanol–water partition coefficient (Wildman–Crippen LogP) is 1.13. The predicted molar refractivity (Wildman–Crippen MR) is 78.2 cm³/mol. The van der Waals surface area contributed by atoms with Crippen molar-refractivity contribution in [3.63, 3.8) is 0 Å². The van der Waals surface area contributed by atoms with Crippen molar-refractivity contribution in [2.24, 2.45) is 7.05 Å². The maximum Gasteiger partial charge on any atom is 0.225 e. The van der Waals surface area contributed by atoms with E-state index in [9.17, 15) is 5.11 Å². The highest BCUT2D eigenvalue weighted by atomic mass is 35.5. The van der Waals surface area contributed by atoms with Crippen LogP contribution in [0.5, 0.6) is 0 Å². The summed E-state index contributed by atoms with van der Waals surface area (Å²) in [6.45, 7) is 1.61. The number of nitrogens with zero attached hydrogens (tertiary/aromatic N) is 6. The Bertz CT molecular complexity index is 614. The molecular formula is C13H17ClN6O. The van der Waals surface area contributed by atoms with Gasteiger partial charge in [-0.2, -0.15) is 0 Å². The average molecular weight is 309 g/mol. The second kappa shape index (κ2) is 5.95. The summed E-state index contributed by atoms with van der Waals surface area (Å²) >= 11 is 5.83. The molecule has 1 fully saturated rings. The Hall–Kier alpha value is -1.73. The van der Waals surface area contributed by atoms with Gasteiger partial charge in [-0.05, 0) is 12.8 Å². The van der Waals surface area contributed by atoms with Crippen molar-refractivity contribution in [2.45, 2.75) is 25.4 Å². The SMILES string of the molecule is Cn1c(CO)nnc1[C@@H]1CCCN(c2ncc(Cl)cn2)C1. The smallest absolute Gasteiger partial charge is 0.225 e. The molecule has 1 N–H and O–H groups in total. The number of aliphatic hydroxyl groups is 1. The third-order valence-electron chi connectivity index (χ3n) is 3.82.